The van der Waals surface area contributed by atoms with Gasteiger partial charge in [0.05, 0.1) is 0 Å². The molecule has 0 aromatic rings. The molecule has 2 atom stereocenters. The topological polar surface area (TPSA) is 0 Å². The molecule has 0 radical (unpaired) electrons. The second-order valence-corrected chi connectivity index (χ2v) is 6.00. The summed E-state index contributed by atoms with van der Waals surface area (Å²) in [6.07, 6.45) is 6.93. The summed E-state index contributed by atoms with van der Waals surface area (Å²) in [7, 11) is 0. The first-order valence-corrected chi connectivity index (χ1v) is 6.57. The van der Waals surface area contributed by atoms with Crippen LogP contribution in [0.5, 0.6) is 0 Å². The fraction of sp³-hybridized carbons (Fsp3) is 0.750. The smallest absolute Gasteiger partial charge is 0.0300 e. The highest BCUT2D eigenvalue weighted by Gasteiger charge is 2.30. The fourth-order valence-electron chi connectivity index (χ4n) is 2.12. The summed E-state index contributed by atoms with van der Waals surface area (Å²) in [6, 6.07) is 0. The van der Waals surface area contributed by atoms with Crippen LogP contribution in [0.1, 0.15) is 60.3 Å². The van der Waals surface area contributed by atoms with E-state index < -0.39 is 0 Å². The van der Waals surface area contributed by atoms with Crippen molar-refractivity contribution in [1.82, 2.24) is 0 Å². The molecule has 0 heterocycles. The minimum atomic E-state index is 0.406. The molecule has 0 spiro atoms. The third-order valence-corrected chi connectivity index (χ3v) is 4.30. The van der Waals surface area contributed by atoms with Gasteiger partial charge in [0.25, 0.3) is 0 Å². The Bertz CT molecular complexity index is 222. The Kier molecular flexibility index (Phi) is 6.71. The predicted octanol–water partition coefficient (Wildman–Crippen LogP) is 5.61. The van der Waals surface area contributed by atoms with Crippen LogP contribution < -0.4 is 0 Å². The molecule has 94 valence electrons. The van der Waals surface area contributed by atoms with Gasteiger partial charge in [-0.05, 0) is 49.9 Å². The molecule has 0 aliphatic rings. The SMILES string of the molecule is C=CCC(C)C(C)(C)C(C)CCCC(=C)C. The molecule has 0 rings (SSSR count). The summed E-state index contributed by atoms with van der Waals surface area (Å²) >= 11 is 0. The van der Waals surface area contributed by atoms with Crippen molar-refractivity contribution in [3.63, 3.8) is 0 Å². The zero-order valence-electron chi connectivity index (χ0n) is 12.0. The van der Waals surface area contributed by atoms with Gasteiger partial charge < -0.3 is 0 Å². The van der Waals surface area contributed by atoms with E-state index >= 15 is 0 Å². The van der Waals surface area contributed by atoms with Gasteiger partial charge in [0, 0.05) is 0 Å². The zero-order valence-corrected chi connectivity index (χ0v) is 12.0. The standard InChI is InChI=1S/C16H30/c1-8-10-14(4)16(6,7)15(5)12-9-11-13(2)3/h8,14-15H,1-2,9-12H2,3-7H3. The van der Waals surface area contributed by atoms with Crippen LogP contribution in [0.4, 0.5) is 0 Å². The van der Waals surface area contributed by atoms with Crippen LogP contribution in [0.3, 0.4) is 0 Å². The maximum atomic E-state index is 3.97. The van der Waals surface area contributed by atoms with Crippen LogP contribution in [-0.2, 0) is 0 Å². The Balaban J connectivity index is 4.17. The van der Waals surface area contributed by atoms with Gasteiger partial charge in [-0.1, -0.05) is 39.3 Å². The monoisotopic (exact) mass is 222 g/mol. The van der Waals surface area contributed by atoms with Gasteiger partial charge in [-0.3, -0.25) is 0 Å². The van der Waals surface area contributed by atoms with Gasteiger partial charge in [-0.15, -0.1) is 13.2 Å². The first kappa shape index (κ1) is 15.5. The molecule has 0 aromatic carbocycles. The molecule has 0 nitrogen and oxygen atoms in total. The minimum Gasteiger partial charge on any atom is -0.103 e. The van der Waals surface area contributed by atoms with Crippen molar-refractivity contribution in [2.75, 3.05) is 0 Å². The van der Waals surface area contributed by atoms with E-state index in [2.05, 4.69) is 47.8 Å². The van der Waals surface area contributed by atoms with E-state index in [1.807, 2.05) is 6.08 Å². The first-order chi connectivity index (χ1) is 7.32. The summed E-state index contributed by atoms with van der Waals surface area (Å²) in [5.74, 6) is 1.48. The molecule has 0 aliphatic carbocycles. The normalized spacial score (nSPS) is 15.6. The van der Waals surface area contributed by atoms with E-state index in [1.165, 1.54) is 24.8 Å². The predicted molar refractivity (Wildman–Crippen MR) is 75.6 cm³/mol. The zero-order chi connectivity index (χ0) is 12.8. The molecule has 2 unspecified atom stereocenters. The van der Waals surface area contributed by atoms with Crippen molar-refractivity contribution < 1.29 is 0 Å². The fourth-order valence-corrected chi connectivity index (χ4v) is 2.12. The molecular weight excluding hydrogens is 192 g/mol. The lowest BCUT2D eigenvalue weighted by molar-refractivity contribution is 0.130. The van der Waals surface area contributed by atoms with Crippen LogP contribution in [0.2, 0.25) is 0 Å². The molecular formula is C16H30. The average Bonchev–Trinajstić information content (AvgIpc) is 2.17. The molecule has 0 N–H and O–H groups in total. The summed E-state index contributed by atoms with van der Waals surface area (Å²) in [6.45, 7) is 19.5. The Morgan fingerprint density at radius 3 is 2.25 bits per heavy atom. The van der Waals surface area contributed by atoms with E-state index in [-0.39, 0.29) is 0 Å². The van der Waals surface area contributed by atoms with Gasteiger partial charge in [0.1, 0.15) is 0 Å². The van der Waals surface area contributed by atoms with Crippen molar-refractivity contribution in [3.05, 3.63) is 24.8 Å². The first-order valence-electron chi connectivity index (χ1n) is 6.57. The lowest BCUT2D eigenvalue weighted by Crippen LogP contribution is -2.29. The van der Waals surface area contributed by atoms with Crippen molar-refractivity contribution in [1.29, 1.82) is 0 Å². The summed E-state index contributed by atoms with van der Waals surface area (Å²) in [5.41, 5.74) is 1.72. The van der Waals surface area contributed by atoms with Crippen LogP contribution >= 0.6 is 0 Å². The largest absolute Gasteiger partial charge is 0.103 e. The Morgan fingerprint density at radius 2 is 1.81 bits per heavy atom. The second-order valence-electron chi connectivity index (χ2n) is 6.00. The number of hydrogen-bond acceptors (Lipinski definition) is 0. The molecule has 0 saturated heterocycles. The Labute approximate surface area is 103 Å². The third kappa shape index (κ3) is 5.01. The summed E-state index contributed by atoms with van der Waals surface area (Å²) in [5, 5.41) is 0. The molecule has 0 saturated carbocycles. The molecule has 0 aliphatic heterocycles. The molecule has 0 aromatic heterocycles. The number of allylic oxidation sites excluding steroid dienone is 2. The number of rotatable bonds is 8. The maximum absolute atomic E-state index is 3.97. The van der Waals surface area contributed by atoms with E-state index in [9.17, 15) is 0 Å². The van der Waals surface area contributed by atoms with Crippen LogP contribution in [0, 0.1) is 17.3 Å². The molecule has 0 bridgehead atoms. The minimum absolute atomic E-state index is 0.406. The van der Waals surface area contributed by atoms with Gasteiger partial charge in [0.15, 0.2) is 0 Å². The van der Waals surface area contributed by atoms with Crippen LogP contribution in [0.25, 0.3) is 0 Å². The van der Waals surface area contributed by atoms with E-state index in [0.717, 1.165) is 12.3 Å². The Morgan fingerprint density at radius 1 is 1.25 bits per heavy atom. The summed E-state index contributed by atoms with van der Waals surface area (Å²) < 4.78 is 0. The lowest BCUT2D eigenvalue weighted by atomic mass is 9.68. The lowest BCUT2D eigenvalue weighted by Gasteiger charge is -2.37. The summed E-state index contributed by atoms with van der Waals surface area (Å²) in [4.78, 5) is 0. The highest BCUT2D eigenvalue weighted by Crippen LogP contribution is 2.39. The van der Waals surface area contributed by atoms with Crippen molar-refractivity contribution in [2.24, 2.45) is 17.3 Å². The second kappa shape index (κ2) is 6.93. The maximum Gasteiger partial charge on any atom is -0.0300 e. The van der Waals surface area contributed by atoms with Crippen molar-refractivity contribution in [2.45, 2.75) is 60.3 Å². The molecule has 16 heavy (non-hydrogen) atoms. The van der Waals surface area contributed by atoms with E-state index in [1.54, 1.807) is 0 Å². The van der Waals surface area contributed by atoms with Gasteiger partial charge in [0.2, 0.25) is 0 Å². The molecule has 0 heteroatoms. The van der Waals surface area contributed by atoms with Crippen LogP contribution in [0.15, 0.2) is 24.8 Å². The quantitative estimate of drug-likeness (QED) is 0.468. The average molecular weight is 222 g/mol. The third-order valence-electron chi connectivity index (χ3n) is 4.30. The highest BCUT2D eigenvalue weighted by atomic mass is 14.4. The van der Waals surface area contributed by atoms with E-state index in [0.29, 0.717) is 11.3 Å². The molecule has 0 fully saturated rings. The van der Waals surface area contributed by atoms with Gasteiger partial charge in [-0.2, -0.15) is 0 Å². The van der Waals surface area contributed by atoms with Crippen molar-refractivity contribution >= 4 is 0 Å². The van der Waals surface area contributed by atoms with Gasteiger partial charge >= 0.3 is 0 Å². The van der Waals surface area contributed by atoms with Gasteiger partial charge in [-0.25, -0.2) is 0 Å². The van der Waals surface area contributed by atoms with E-state index in [4.69, 9.17) is 0 Å². The van der Waals surface area contributed by atoms with Crippen LogP contribution in [-0.4, -0.2) is 0 Å². The molecule has 0 amide bonds. The number of hydrogen-bond donors (Lipinski definition) is 0. The Hall–Kier alpha value is -0.520. The highest BCUT2D eigenvalue weighted by molar-refractivity contribution is 4.89. The van der Waals surface area contributed by atoms with Crippen molar-refractivity contribution in [3.8, 4) is 0 Å².